The number of rotatable bonds is 6. The topological polar surface area (TPSA) is 54.3 Å². The van der Waals surface area contributed by atoms with Gasteiger partial charge in [0.2, 0.25) is 5.91 Å². The zero-order valence-corrected chi connectivity index (χ0v) is 11.8. The minimum Gasteiger partial charge on any atom is -0.469 e. The average Bonchev–Trinajstić information content (AvgIpc) is 2.98. The van der Waals surface area contributed by atoms with Gasteiger partial charge in [0.15, 0.2) is 0 Å². The number of hydrogen-bond donors (Lipinski definition) is 2. The number of nitrogens with one attached hydrogen (secondary N) is 2. The van der Waals surface area contributed by atoms with Gasteiger partial charge in [-0.15, -0.1) is 0 Å². The van der Waals surface area contributed by atoms with Gasteiger partial charge < -0.3 is 15.1 Å². The van der Waals surface area contributed by atoms with Crippen LogP contribution in [0.3, 0.4) is 0 Å². The van der Waals surface area contributed by atoms with E-state index in [-0.39, 0.29) is 5.91 Å². The number of furan rings is 1. The summed E-state index contributed by atoms with van der Waals surface area (Å²) >= 11 is 0. The Morgan fingerprint density at radius 3 is 2.60 bits per heavy atom. The Kier molecular flexibility index (Phi) is 4.96. The summed E-state index contributed by atoms with van der Waals surface area (Å²) in [5.41, 5.74) is 2.02. The van der Waals surface area contributed by atoms with Gasteiger partial charge in [0.1, 0.15) is 5.76 Å². The van der Waals surface area contributed by atoms with Crippen molar-refractivity contribution in [1.29, 1.82) is 0 Å². The first-order valence-electron chi connectivity index (χ1n) is 6.78. The molecule has 0 aliphatic rings. The SMILES string of the molecule is CNC(C)c1ccc(NC(=O)CCc2ccco2)cc1. The van der Waals surface area contributed by atoms with E-state index in [4.69, 9.17) is 4.42 Å². The van der Waals surface area contributed by atoms with E-state index in [2.05, 4.69) is 17.6 Å². The smallest absolute Gasteiger partial charge is 0.224 e. The highest BCUT2D eigenvalue weighted by molar-refractivity contribution is 5.90. The standard InChI is InChI=1S/C16H20N2O2/c1-12(17-2)13-5-7-14(8-6-13)18-16(19)10-9-15-4-3-11-20-15/h3-8,11-12,17H,9-10H2,1-2H3,(H,18,19). The first-order chi connectivity index (χ1) is 9.69. The zero-order chi connectivity index (χ0) is 14.4. The fourth-order valence-electron chi connectivity index (χ4n) is 1.94. The second kappa shape index (κ2) is 6.91. The van der Waals surface area contributed by atoms with E-state index in [1.165, 1.54) is 5.56 Å². The van der Waals surface area contributed by atoms with Gasteiger partial charge in [0, 0.05) is 24.6 Å². The maximum absolute atomic E-state index is 11.8. The molecule has 4 heteroatoms. The van der Waals surface area contributed by atoms with E-state index in [9.17, 15) is 4.79 Å². The van der Waals surface area contributed by atoms with Gasteiger partial charge in [-0.3, -0.25) is 4.79 Å². The summed E-state index contributed by atoms with van der Waals surface area (Å²) in [6.45, 7) is 2.09. The molecule has 20 heavy (non-hydrogen) atoms. The summed E-state index contributed by atoms with van der Waals surface area (Å²) in [6, 6.07) is 11.9. The van der Waals surface area contributed by atoms with E-state index >= 15 is 0 Å². The number of anilines is 1. The van der Waals surface area contributed by atoms with Gasteiger partial charge in [-0.25, -0.2) is 0 Å². The predicted molar refractivity (Wildman–Crippen MR) is 79.6 cm³/mol. The second-order valence-corrected chi connectivity index (χ2v) is 4.76. The fraction of sp³-hybridized carbons (Fsp3) is 0.312. The Morgan fingerprint density at radius 2 is 2.00 bits per heavy atom. The van der Waals surface area contributed by atoms with E-state index < -0.39 is 0 Å². The predicted octanol–water partition coefficient (Wildman–Crippen LogP) is 3.13. The molecule has 1 aromatic heterocycles. The van der Waals surface area contributed by atoms with E-state index in [1.807, 2.05) is 43.4 Å². The van der Waals surface area contributed by atoms with Crippen LogP contribution in [0.5, 0.6) is 0 Å². The van der Waals surface area contributed by atoms with Crippen molar-refractivity contribution in [2.75, 3.05) is 12.4 Å². The molecule has 0 aliphatic heterocycles. The van der Waals surface area contributed by atoms with Crippen LogP contribution in [0.1, 0.15) is 30.7 Å². The monoisotopic (exact) mass is 272 g/mol. The molecule has 0 fully saturated rings. The third-order valence-electron chi connectivity index (χ3n) is 3.31. The Morgan fingerprint density at radius 1 is 1.25 bits per heavy atom. The van der Waals surface area contributed by atoms with Crippen LogP contribution in [0.25, 0.3) is 0 Å². The number of carbonyl (C=O) groups excluding carboxylic acids is 1. The molecule has 1 heterocycles. The molecule has 0 spiro atoms. The quantitative estimate of drug-likeness (QED) is 0.849. The minimum atomic E-state index is -0.00388. The lowest BCUT2D eigenvalue weighted by Gasteiger charge is -2.11. The van der Waals surface area contributed by atoms with Crippen molar-refractivity contribution in [3.05, 3.63) is 54.0 Å². The van der Waals surface area contributed by atoms with E-state index in [1.54, 1.807) is 6.26 Å². The van der Waals surface area contributed by atoms with Crippen molar-refractivity contribution in [3.8, 4) is 0 Å². The molecular formula is C16H20N2O2. The molecular weight excluding hydrogens is 252 g/mol. The molecule has 106 valence electrons. The normalized spacial score (nSPS) is 12.1. The first-order valence-corrected chi connectivity index (χ1v) is 6.78. The summed E-state index contributed by atoms with van der Waals surface area (Å²) in [7, 11) is 1.93. The van der Waals surface area contributed by atoms with Crippen LogP contribution in [0, 0.1) is 0 Å². The van der Waals surface area contributed by atoms with Crippen molar-refractivity contribution >= 4 is 11.6 Å². The van der Waals surface area contributed by atoms with Gasteiger partial charge in [-0.1, -0.05) is 12.1 Å². The van der Waals surface area contributed by atoms with Crippen molar-refractivity contribution < 1.29 is 9.21 Å². The van der Waals surface area contributed by atoms with Gasteiger partial charge in [0.05, 0.1) is 6.26 Å². The maximum Gasteiger partial charge on any atom is 0.224 e. The van der Waals surface area contributed by atoms with Crippen LogP contribution < -0.4 is 10.6 Å². The molecule has 1 amide bonds. The molecule has 1 atom stereocenters. The number of benzene rings is 1. The van der Waals surface area contributed by atoms with Crippen molar-refractivity contribution in [1.82, 2.24) is 5.32 Å². The van der Waals surface area contributed by atoms with Crippen LogP contribution in [0.4, 0.5) is 5.69 Å². The van der Waals surface area contributed by atoms with E-state index in [0.29, 0.717) is 18.9 Å². The van der Waals surface area contributed by atoms with Gasteiger partial charge in [-0.05, 0) is 43.8 Å². The lowest BCUT2D eigenvalue weighted by atomic mass is 10.1. The van der Waals surface area contributed by atoms with Crippen LogP contribution in [0.15, 0.2) is 47.1 Å². The number of aryl methyl sites for hydroxylation is 1. The minimum absolute atomic E-state index is 0.00388. The Labute approximate surface area is 119 Å². The van der Waals surface area contributed by atoms with E-state index in [0.717, 1.165) is 11.4 Å². The van der Waals surface area contributed by atoms with Crippen LogP contribution in [-0.2, 0) is 11.2 Å². The van der Waals surface area contributed by atoms with Gasteiger partial charge >= 0.3 is 0 Å². The second-order valence-electron chi connectivity index (χ2n) is 4.76. The zero-order valence-electron chi connectivity index (χ0n) is 11.8. The summed E-state index contributed by atoms with van der Waals surface area (Å²) in [4.78, 5) is 11.8. The average molecular weight is 272 g/mol. The highest BCUT2D eigenvalue weighted by Gasteiger charge is 2.06. The molecule has 0 bridgehead atoms. The van der Waals surface area contributed by atoms with Crippen LogP contribution in [-0.4, -0.2) is 13.0 Å². The highest BCUT2D eigenvalue weighted by atomic mass is 16.3. The Bertz CT molecular complexity index is 532. The Balaban J connectivity index is 1.84. The number of amides is 1. The fourth-order valence-corrected chi connectivity index (χ4v) is 1.94. The highest BCUT2D eigenvalue weighted by Crippen LogP contribution is 2.16. The molecule has 0 saturated carbocycles. The molecule has 0 radical (unpaired) electrons. The third-order valence-corrected chi connectivity index (χ3v) is 3.31. The molecule has 1 unspecified atom stereocenters. The molecule has 2 aromatic rings. The van der Waals surface area contributed by atoms with Crippen molar-refractivity contribution in [2.24, 2.45) is 0 Å². The molecule has 0 aliphatic carbocycles. The summed E-state index contributed by atoms with van der Waals surface area (Å²) < 4.78 is 5.20. The van der Waals surface area contributed by atoms with Crippen LogP contribution in [0.2, 0.25) is 0 Å². The van der Waals surface area contributed by atoms with Crippen molar-refractivity contribution in [3.63, 3.8) is 0 Å². The molecule has 4 nitrogen and oxygen atoms in total. The largest absolute Gasteiger partial charge is 0.469 e. The molecule has 0 saturated heterocycles. The third kappa shape index (κ3) is 3.96. The maximum atomic E-state index is 11.8. The summed E-state index contributed by atoms with van der Waals surface area (Å²) in [5, 5.41) is 6.07. The molecule has 2 rings (SSSR count). The summed E-state index contributed by atoms with van der Waals surface area (Å²) in [6.07, 6.45) is 2.66. The van der Waals surface area contributed by atoms with Crippen LogP contribution >= 0.6 is 0 Å². The molecule has 1 aromatic carbocycles. The van der Waals surface area contributed by atoms with Gasteiger partial charge in [-0.2, -0.15) is 0 Å². The number of hydrogen-bond acceptors (Lipinski definition) is 3. The number of carbonyl (C=O) groups is 1. The van der Waals surface area contributed by atoms with Gasteiger partial charge in [0.25, 0.3) is 0 Å². The first kappa shape index (κ1) is 14.3. The van der Waals surface area contributed by atoms with Crippen molar-refractivity contribution in [2.45, 2.75) is 25.8 Å². The lowest BCUT2D eigenvalue weighted by Crippen LogP contribution is -2.14. The molecule has 2 N–H and O–H groups in total. The summed E-state index contributed by atoms with van der Waals surface area (Å²) in [5.74, 6) is 0.828. The lowest BCUT2D eigenvalue weighted by molar-refractivity contribution is -0.116. The Hall–Kier alpha value is -2.07.